The molecule has 0 unspecified atom stereocenters. The molecule has 2 rings (SSSR count). The summed E-state index contributed by atoms with van der Waals surface area (Å²) in [6.07, 6.45) is 0.314. The van der Waals surface area contributed by atoms with Gasteiger partial charge in [0.05, 0.1) is 6.61 Å². The van der Waals surface area contributed by atoms with Crippen molar-refractivity contribution in [3.8, 4) is 0 Å². The minimum Gasteiger partial charge on any atom is -0.465 e. The number of halogens is 2. The maximum absolute atomic E-state index is 13.3. The van der Waals surface area contributed by atoms with E-state index < -0.39 is 17.9 Å². The normalized spacial score (nSPS) is 37.7. The quantitative estimate of drug-likeness (QED) is 0.709. The average molecular weight is 219 g/mol. The van der Waals surface area contributed by atoms with Gasteiger partial charge < -0.3 is 10.1 Å². The number of carbonyl (C=O) groups is 1. The number of esters is 1. The zero-order chi connectivity index (χ0) is 11.1. The molecule has 1 aliphatic carbocycles. The number of fused-ring (bicyclic) bond motifs is 1. The minimum absolute atomic E-state index is 0.0973. The van der Waals surface area contributed by atoms with Crippen LogP contribution in [-0.2, 0) is 9.53 Å². The van der Waals surface area contributed by atoms with Crippen LogP contribution in [0, 0.1) is 11.8 Å². The summed E-state index contributed by atoms with van der Waals surface area (Å²) in [5.74, 6) is -3.94. The Morgan fingerprint density at radius 1 is 1.60 bits per heavy atom. The summed E-state index contributed by atoms with van der Waals surface area (Å²) < 4.78 is 31.5. The molecule has 0 bridgehead atoms. The lowest BCUT2D eigenvalue weighted by Crippen LogP contribution is -2.37. The standard InChI is InChI=1S/C10H15F2NO2/c1-2-15-9(14)8-6-3-4-10(11,12)7(6)5-13-8/h6-8,13H,2-5H2,1H3/t6-,7-,8-/m0/s1. The second-order valence-electron chi connectivity index (χ2n) is 4.21. The van der Waals surface area contributed by atoms with Gasteiger partial charge in [-0.2, -0.15) is 0 Å². The highest BCUT2D eigenvalue weighted by atomic mass is 19.3. The Kier molecular flexibility index (Phi) is 2.66. The molecular weight excluding hydrogens is 204 g/mol. The zero-order valence-electron chi connectivity index (χ0n) is 8.63. The van der Waals surface area contributed by atoms with Crippen LogP contribution in [0.1, 0.15) is 19.8 Å². The molecule has 2 aliphatic rings. The van der Waals surface area contributed by atoms with Crippen molar-refractivity contribution in [3.63, 3.8) is 0 Å². The van der Waals surface area contributed by atoms with E-state index in [-0.39, 0.29) is 24.9 Å². The highest BCUT2D eigenvalue weighted by Crippen LogP contribution is 2.48. The van der Waals surface area contributed by atoms with Crippen LogP contribution in [0.2, 0.25) is 0 Å². The highest BCUT2D eigenvalue weighted by Gasteiger charge is 2.57. The van der Waals surface area contributed by atoms with E-state index in [4.69, 9.17) is 4.74 Å². The van der Waals surface area contributed by atoms with Gasteiger partial charge in [0.2, 0.25) is 0 Å². The van der Waals surface area contributed by atoms with Gasteiger partial charge in [-0.25, -0.2) is 8.78 Å². The number of hydrogen-bond donors (Lipinski definition) is 1. The number of alkyl halides is 2. The fourth-order valence-corrected chi connectivity index (χ4v) is 2.65. The lowest BCUT2D eigenvalue weighted by molar-refractivity contribution is -0.146. The molecule has 1 aliphatic heterocycles. The second kappa shape index (κ2) is 3.70. The Bertz CT molecular complexity index is 270. The zero-order valence-corrected chi connectivity index (χ0v) is 8.63. The number of carbonyl (C=O) groups excluding carboxylic acids is 1. The SMILES string of the molecule is CCOC(=O)[C@H]1NC[C@H]2[C@@H]1CCC2(F)F. The molecule has 5 heteroatoms. The Labute approximate surface area is 87.2 Å². The molecule has 1 saturated heterocycles. The number of rotatable bonds is 2. The van der Waals surface area contributed by atoms with Crippen molar-refractivity contribution < 1.29 is 18.3 Å². The third kappa shape index (κ3) is 1.73. The molecule has 0 aromatic rings. The molecule has 2 fully saturated rings. The van der Waals surface area contributed by atoms with Gasteiger partial charge in [0.25, 0.3) is 5.92 Å². The van der Waals surface area contributed by atoms with Crippen LogP contribution < -0.4 is 5.32 Å². The van der Waals surface area contributed by atoms with Crippen molar-refractivity contribution in [1.82, 2.24) is 5.32 Å². The third-order valence-electron chi connectivity index (χ3n) is 3.40. The van der Waals surface area contributed by atoms with Gasteiger partial charge in [-0.05, 0) is 19.3 Å². The molecule has 1 heterocycles. The Hall–Kier alpha value is -0.710. The molecular formula is C10H15F2NO2. The molecule has 3 atom stereocenters. The van der Waals surface area contributed by atoms with Crippen molar-refractivity contribution in [2.45, 2.75) is 31.7 Å². The van der Waals surface area contributed by atoms with Crippen LogP contribution in [0.3, 0.4) is 0 Å². The Morgan fingerprint density at radius 3 is 3.00 bits per heavy atom. The lowest BCUT2D eigenvalue weighted by Gasteiger charge is -2.17. The molecule has 15 heavy (non-hydrogen) atoms. The van der Waals surface area contributed by atoms with Gasteiger partial charge in [-0.3, -0.25) is 4.79 Å². The first kappa shape index (κ1) is 10.8. The first-order valence-corrected chi connectivity index (χ1v) is 5.34. The fourth-order valence-electron chi connectivity index (χ4n) is 2.65. The van der Waals surface area contributed by atoms with Crippen LogP contribution in [0.5, 0.6) is 0 Å². The van der Waals surface area contributed by atoms with Gasteiger partial charge in [0.15, 0.2) is 0 Å². The van der Waals surface area contributed by atoms with E-state index in [1.54, 1.807) is 6.92 Å². The van der Waals surface area contributed by atoms with Gasteiger partial charge >= 0.3 is 5.97 Å². The van der Waals surface area contributed by atoms with Gasteiger partial charge in [0, 0.05) is 18.9 Å². The van der Waals surface area contributed by atoms with Crippen LogP contribution in [-0.4, -0.2) is 31.1 Å². The third-order valence-corrected chi connectivity index (χ3v) is 3.40. The molecule has 0 aromatic heterocycles. The van der Waals surface area contributed by atoms with Crippen molar-refractivity contribution in [2.24, 2.45) is 11.8 Å². The van der Waals surface area contributed by atoms with Crippen molar-refractivity contribution >= 4 is 5.97 Å². The van der Waals surface area contributed by atoms with Crippen LogP contribution in [0.4, 0.5) is 8.78 Å². The molecule has 1 saturated carbocycles. The largest absolute Gasteiger partial charge is 0.465 e. The highest BCUT2D eigenvalue weighted by molar-refractivity contribution is 5.76. The maximum Gasteiger partial charge on any atom is 0.323 e. The van der Waals surface area contributed by atoms with Crippen LogP contribution in [0.25, 0.3) is 0 Å². The summed E-state index contributed by atoms with van der Waals surface area (Å²) in [5.41, 5.74) is 0. The molecule has 0 radical (unpaired) electrons. The van der Waals surface area contributed by atoms with Crippen molar-refractivity contribution in [3.05, 3.63) is 0 Å². The molecule has 0 aromatic carbocycles. The van der Waals surface area contributed by atoms with E-state index >= 15 is 0 Å². The predicted octanol–water partition coefficient (Wildman–Crippen LogP) is 1.18. The summed E-state index contributed by atoms with van der Waals surface area (Å²) >= 11 is 0. The maximum atomic E-state index is 13.3. The van der Waals surface area contributed by atoms with Crippen LogP contribution in [0.15, 0.2) is 0 Å². The van der Waals surface area contributed by atoms with Crippen molar-refractivity contribution in [1.29, 1.82) is 0 Å². The van der Waals surface area contributed by atoms with E-state index in [2.05, 4.69) is 5.32 Å². The van der Waals surface area contributed by atoms with E-state index in [1.165, 1.54) is 0 Å². The first-order valence-electron chi connectivity index (χ1n) is 5.34. The van der Waals surface area contributed by atoms with Gasteiger partial charge in [-0.1, -0.05) is 0 Å². The Balaban J connectivity index is 2.05. The minimum atomic E-state index is -2.61. The monoisotopic (exact) mass is 219 g/mol. The van der Waals surface area contributed by atoms with E-state index in [9.17, 15) is 13.6 Å². The van der Waals surface area contributed by atoms with E-state index in [1.807, 2.05) is 0 Å². The van der Waals surface area contributed by atoms with Gasteiger partial charge in [0.1, 0.15) is 6.04 Å². The number of ether oxygens (including phenoxy) is 1. The molecule has 3 nitrogen and oxygen atoms in total. The number of hydrogen-bond acceptors (Lipinski definition) is 3. The molecule has 0 spiro atoms. The van der Waals surface area contributed by atoms with Gasteiger partial charge in [-0.15, -0.1) is 0 Å². The van der Waals surface area contributed by atoms with Crippen molar-refractivity contribution in [2.75, 3.05) is 13.2 Å². The summed E-state index contributed by atoms with van der Waals surface area (Å²) in [6, 6.07) is -0.525. The summed E-state index contributed by atoms with van der Waals surface area (Å²) in [7, 11) is 0. The fraction of sp³-hybridized carbons (Fsp3) is 0.900. The smallest absolute Gasteiger partial charge is 0.323 e. The second-order valence-corrected chi connectivity index (χ2v) is 4.21. The predicted molar refractivity (Wildman–Crippen MR) is 49.6 cm³/mol. The van der Waals surface area contributed by atoms with Crippen LogP contribution >= 0.6 is 0 Å². The molecule has 0 amide bonds. The topological polar surface area (TPSA) is 38.3 Å². The molecule has 1 N–H and O–H groups in total. The summed E-state index contributed by atoms with van der Waals surface area (Å²) in [5, 5.41) is 2.84. The first-order chi connectivity index (χ1) is 7.06. The molecule has 86 valence electrons. The van der Waals surface area contributed by atoms with E-state index in [0.717, 1.165) is 0 Å². The Morgan fingerprint density at radius 2 is 2.33 bits per heavy atom. The lowest BCUT2D eigenvalue weighted by atomic mass is 9.93. The summed E-state index contributed by atoms with van der Waals surface area (Å²) in [6.45, 7) is 2.24. The average Bonchev–Trinajstić information content (AvgIpc) is 2.69. The summed E-state index contributed by atoms with van der Waals surface area (Å²) in [4.78, 5) is 11.5. The van der Waals surface area contributed by atoms with E-state index in [0.29, 0.717) is 13.0 Å². The number of nitrogens with one attached hydrogen (secondary N) is 1.